The number of carbonyl (C=O) groups excluding carboxylic acids is 1. The van der Waals surface area contributed by atoms with Crippen molar-refractivity contribution in [2.45, 2.75) is 19.4 Å². The summed E-state index contributed by atoms with van der Waals surface area (Å²) in [5.41, 5.74) is 1.20. The second-order valence-corrected chi connectivity index (χ2v) is 5.89. The molecule has 1 N–H and O–H groups in total. The molecule has 0 fully saturated rings. The van der Waals surface area contributed by atoms with Crippen LogP contribution in [0.25, 0.3) is 0 Å². The molecule has 0 saturated carbocycles. The van der Waals surface area contributed by atoms with Crippen LogP contribution in [0.5, 0.6) is 0 Å². The molecule has 0 bridgehead atoms. The Bertz CT molecular complexity index is 863. The van der Waals surface area contributed by atoms with E-state index in [2.05, 4.69) is 15.5 Å². The topological polar surface area (TPSA) is 68.0 Å². The Balaban J connectivity index is 1.70. The van der Waals surface area contributed by atoms with Crippen molar-refractivity contribution in [1.82, 2.24) is 15.5 Å². The van der Waals surface area contributed by atoms with Gasteiger partial charge < -0.3 is 9.73 Å². The van der Waals surface area contributed by atoms with Crippen molar-refractivity contribution < 1.29 is 13.6 Å². The average Bonchev–Trinajstić information content (AvgIpc) is 3.08. The highest BCUT2D eigenvalue weighted by Gasteiger charge is 2.19. The van der Waals surface area contributed by atoms with Crippen LogP contribution >= 0.6 is 11.6 Å². The fraction of sp³-hybridized carbons (Fsp3) is 0.167. The fourth-order valence-corrected chi connectivity index (χ4v) is 2.58. The Kier molecular flexibility index (Phi) is 5.09. The predicted octanol–water partition coefficient (Wildman–Crippen LogP) is 3.94. The van der Waals surface area contributed by atoms with Crippen LogP contribution in [0.15, 0.2) is 52.9 Å². The molecule has 3 rings (SSSR count). The van der Waals surface area contributed by atoms with Crippen molar-refractivity contribution in [3.8, 4) is 0 Å². The lowest BCUT2D eigenvalue weighted by Crippen LogP contribution is -2.26. The number of hydrogen-bond donors (Lipinski definition) is 1. The van der Waals surface area contributed by atoms with Crippen LogP contribution < -0.4 is 5.32 Å². The molecule has 0 radical (unpaired) electrons. The van der Waals surface area contributed by atoms with Gasteiger partial charge in [0.15, 0.2) is 0 Å². The van der Waals surface area contributed by atoms with Gasteiger partial charge in [0, 0.05) is 10.6 Å². The van der Waals surface area contributed by atoms with E-state index < -0.39 is 11.7 Å². The van der Waals surface area contributed by atoms with Gasteiger partial charge in [0.05, 0.1) is 12.5 Å². The summed E-state index contributed by atoms with van der Waals surface area (Å²) in [5, 5.41) is 10.6. The number of benzene rings is 2. The first kappa shape index (κ1) is 17.1. The first-order chi connectivity index (χ1) is 12.0. The maximum atomic E-state index is 13.8. The molecule has 0 aliphatic carbocycles. The summed E-state index contributed by atoms with van der Waals surface area (Å²) in [7, 11) is 0. The lowest BCUT2D eigenvalue weighted by Gasteiger charge is -2.12. The molecule has 7 heteroatoms. The van der Waals surface area contributed by atoms with Crippen LogP contribution in [-0.4, -0.2) is 16.1 Å². The molecule has 0 aliphatic rings. The number of rotatable bonds is 5. The zero-order chi connectivity index (χ0) is 17.8. The quantitative estimate of drug-likeness (QED) is 0.749. The van der Waals surface area contributed by atoms with Crippen molar-refractivity contribution >= 4 is 17.5 Å². The average molecular weight is 360 g/mol. The monoisotopic (exact) mass is 359 g/mol. The molecule has 1 heterocycles. The van der Waals surface area contributed by atoms with Crippen LogP contribution in [0.2, 0.25) is 5.02 Å². The van der Waals surface area contributed by atoms with E-state index in [9.17, 15) is 9.18 Å². The van der Waals surface area contributed by atoms with Gasteiger partial charge in [-0.25, -0.2) is 4.39 Å². The van der Waals surface area contributed by atoms with Crippen LogP contribution in [0.1, 0.15) is 40.7 Å². The first-order valence-electron chi connectivity index (χ1n) is 7.65. The third-order valence-electron chi connectivity index (χ3n) is 3.70. The zero-order valence-electron chi connectivity index (χ0n) is 13.4. The molecule has 1 amide bonds. The molecule has 25 heavy (non-hydrogen) atoms. The van der Waals surface area contributed by atoms with Crippen LogP contribution in [-0.2, 0) is 6.42 Å². The highest BCUT2D eigenvalue weighted by molar-refractivity contribution is 6.31. The lowest BCUT2D eigenvalue weighted by atomic mass is 10.1. The molecule has 3 aromatic rings. The number of hydrogen-bond acceptors (Lipinski definition) is 4. The molecule has 0 saturated heterocycles. The summed E-state index contributed by atoms with van der Waals surface area (Å²) in [5.74, 6) is -1.01. The van der Waals surface area contributed by atoms with Crippen molar-refractivity contribution in [2.75, 3.05) is 0 Å². The van der Waals surface area contributed by atoms with E-state index in [0.29, 0.717) is 0 Å². The maximum Gasteiger partial charge on any atom is 0.309 e. The minimum Gasteiger partial charge on any atom is -0.417 e. The highest BCUT2D eigenvalue weighted by atomic mass is 35.5. The van der Waals surface area contributed by atoms with Gasteiger partial charge in [0.1, 0.15) is 5.82 Å². The molecule has 1 unspecified atom stereocenters. The van der Waals surface area contributed by atoms with Gasteiger partial charge in [-0.2, -0.15) is 0 Å². The summed E-state index contributed by atoms with van der Waals surface area (Å²) < 4.78 is 19.1. The summed E-state index contributed by atoms with van der Waals surface area (Å²) in [6, 6.07) is 13.7. The van der Waals surface area contributed by atoms with Gasteiger partial charge in [0.2, 0.25) is 5.89 Å². The van der Waals surface area contributed by atoms with Gasteiger partial charge in [0.25, 0.3) is 0 Å². The predicted molar refractivity (Wildman–Crippen MR) is 90.8 cm³/mol. The normalized spacial score (nSPS) is 12.0. The molecule has 5 nitrogen and oxygen atoms in total. The molecule has 0 spiro atoms. The van der Waals surface area contributed by atoms with Crippen molar-refractivity contribution in [3.05, 3.63) is 82.3 Å². The van der Waals surface area contributed by atoms with Gasteiger partial charge in [-0.15, -0.1) is 10.2 Å². The van der Waals surface area contributed by atoms with Gasteiger partial charge in [-0.3, -0.25) is 4.79 Å². The minimum atomic E-state index is -0.491. The Morgan fingerprint density at radius 1 is 1.20 bits per heavy atom. The SMILES string of the molecule is CC(NC(=O)c1nnc(Cc2c(F)cccc2Cl)o1)c1ccccc1. The molecule has 2 aromatic carbocycles. The minimum absolute atomic E-state index is 0.0139. The van der Waals surface area contributed by atoms with Crippen LogP contribution in [0.4, 0.5) is 4.39 Å². The van der Waals surface area contributed by atoms with Gasteiger partial charge in [-0.05, 0) is 24.6 Å². The fourth-order valence-electron chi connectivity index (χ4n) is 2.35. The molecule has 0 aliphatic heterocycles. The first-order valence-corrected chi connectivity index (χ1v) is 8.03. The number of carbonyl (C=O) groups is 1. The van der Waals surface area contributed by atoms with Gasteiger partial charge >= 0.3 is 11.8 Å². The second kappa shape index (κ2) is 7.44. The summed E-state index contributed by atoms with van der Waals surface area (Å²) in [6.45, 7) is 1.85. The third kappa shape index (κ3) is 4.03. The number of amides is 1. The van der Waals surface area contributed by atoms with Crippen molar-refractivity contribution in [2.24, 2.45) is 0 Å². The van der Waals surface area contributed by atoms with Crippen LogP contribution in [0.3, 0.4) is 0 Å². The molecule has 1 atom stereocenters. The van der Waals surface area contributed by atoms with E-state index in [-0.39, 0.29) is 34.8 Å². The van der Waals surface area contributed by atoms with E-state index in [1.807, 2.05) is 37.3 Å². The second-order valence-electron chi connectivity index (χ2n) is 5.48. The number of halogens is 2. The van der Waals surface area contributed by atoms with E-state index in [1.54, 1.807) is 6.07 Å². The van der Waals surface area contributed by atoms with E-state index in [1.165, 1.54) is 12.1 Å². The largest absolute Gasteiger partial charge is 0.417 e. The Morgan fingerprint density at radius 2 is 1.96 bits per heavy atom. The van der Waals surface area contributed by atoms with E-state index in [4.69, 9.17) is 16.0 Å². The zero-order valence-corrected chi connectivity index (χ0v) is 14.1. The highest BCUT2D eigenvalue weighted by Crippen LogP contribution is 2.22. The Labute approximate surface area is 148 Å². The van der Waals surface area contributed by atoms with Crippen LogP contribution in [0, 0.1) is 5.82 Å². The van der Waals surface area contributed by atoms with Crippen molar-refractivity contribution in [3.63, 3.8) is 0 Å². The Morgan fingerprint density at radius 3 is 2.68 bits per heavy atom. The molecule has 128 valence electrons. The number of aromatic nitrogens is 2. The Hall–Kier alpha value is -2.73. The third-order valence-corrected chi connectivity index (χ3v) is 4.05. The summed E-state index contributed by atoms with van der Waals surface area (Å²) >= 11 is 5.98. The van der Waals surface area contributed by atoms with Gasteiger partial charge in [-0.1, -0.05) is 48.0 Å². The summed E-state index contributed by atoms with van der Waals surface area (Å²) in [6.07, 6.45) is 0.0139. The molecule has 1 aromatic heterocycles. The molecular formula is C18H15ClFN3O2. The number of nitrogens with zero attached hydrogens (tertiary/aromatic N) is 2. The van der Waals surface area contributed by atoms with Crippen molar-refractivity contribution in [1.29, 1.82) is 0 Å². The molecular weight excluding hydrogens is 345 g/mol. The smallest absolute Gasteiger partial charge is 0.309 e. The summed E-state index contributed by atoms with van der Waals surface area (Å²) in [4.78, 5) is 12.2. The number of nitrogens with one attached hydrogen (secondary N) is 1. The lowest BCUT2D eigenvalue weighted by molar-refractivity contribution is 0.0903. The van der Waals surface area contributed by atoms with E-state index >= 15 is 0 Å². The maximum absolute atomic E-state index is 13.8. The standard InChI is InChI=1S/C18H15ClFN3O2/c1-11(12-6-3-2-4-7-12)21-17(24)18-23-22-16(25-18)10-13-14(19)8-5-9-15(13)20/h2-9,11H,10H2,1H3,(H,21,24). The van der Waals surface area contributed by atoms with E-state index in [0.717, 1.165) is 5.56 Å².